The van der Waals surface area contributed by atoms with Crippen molar-refractivity contribution in [2.75, 3.05) is 26.4 Å². The fraction of sp³-hybridized carbons (Fsp3) is 0.857. The maximum Gasteiger partial charge on any atom is 0.472 e. The zero-order valence-corrected chi connectivity index (χ0v) is 15.4. The lowest BCUT2D eigenvalue weighted by Crippen LogP contribution is -2.28. The van der Waals surface area contributed by atoms with Crippen molar-refractivity contribution in [3.8, 4) is 0 Å². The second-order valence-electron chi connectivity index (χ2n) is 5.11. The van der Waals surface area contributed by atoms with E-state index < -0.39 is 58.4 Å². The van der Waals surface area contributed by atoms with E-state index >= 15 is 0 Å². The minimum absolute atomic E-state index is 0.0748. The summed E-state index contributed by atoms with van der Waals surface area (Å²) in [6.07, 6.45) is -0.563. The summed E-state index contributed by atoms with van der Waals surface area (Å²) >= 11 is 0. The van der Waals surface area contributed by atoms with Crippen LogP contribution in [-0.2, 0) is 32.7 Å². The Labute approximate surface area is 146 Å². The number of phosphoric acid groups is 1. The number of rotatable bonds is 14. The molecule has 0 spiro atoms. The number of aliphatic hydroxyl groups excluding tert-OH is 2. The topological polar surface area (TPSA) is 149 Å². The van der Waals surface area contributed by atoms with E-state index in [-0.39, 0.29) is 12.8 Å². The predicted octanol–water partition coefficient (Wildman–Crippen LogP) is 0.528. The second kappa shape index (κ2) is 13.2. The van der Waals surface area contributed by atoms with Gasteiger partial charge in [0, 0.05) is 12.8 Å². The molecule has 0 rings (SSSR count). The lowest BCUT2D eigenvalue weighted by Gasteiger charge is -2.20. The Kier molecular flexibility index (Phi) is 12.7. The summed E-state index contributed by atoms with van der Waals surface area (Å²) in [6, 6.07) is 0. The van der Waals surface area contributed by atoms with Crippen LogP contribution in [0.1, 0.15) is 39.5 Å². The normalized spacial score (nSPS) is 15.9. The molecule has 0 aromatic rings. The molecule has 0 amide bonds. The second-order valence-corrected chi connectivity index (χ2v) is 6.56. The average Bonchev–Trinajstić information content (AvgIpc) is 2.59. The number of esters is 2. The van der Waals surface area contributed by atoms with Gasteiger partial charge in [0.25, 0.3) is 0 Å². The van der Waals surface area contributed by atoms with Gasteiger partial charge in [-0.25, -0.2) is 4.57 Å². The van der Waals surface area contributed by atoms with Crippen LogP contribution in [0.25, 0.3) is 0 Å². The molecule has 11 heteroatoms. The van der Waals surface area contributed by atoms with Crippen molar-refractivity contribution in [3.63, 3.8) is 0 Å². The lowest BCUT2D eigenvalue weighted by molar-refractivity contribution is -0.153. The number of unbranched alkanes of at least 4 members (excludes halogenated alkanes) is 1. The van der Waals surface area contributed by atoms with Crippen LogP contribution in [-0.4, -0.2) is 65.7 Å². The van der Waals surface area contributed by atoms with Gasteiger partial charge in [-0.1, -0.05) is 20.3 Å². The molecule has 0 saturated heterocycles. The molecule has 148 valence electrons. The third-order valence-corrected chi connectivity index (χ3v) is 3.82. The molecule has 10 nitrogen and oxygen atoms in total. The fourth-order valence-corrected chi connectivity index (χ4v) is 2.26. The predicted molar refractivity (Wildman–Crippen MR) is 85.5 cm³/mol. The molecule has 0 bridgehead atoms. The van der Waals surface area contributed by atoms with Gasteiger partial charge in [0.15, 0.2) is 0 Å². The first-order chi connectivity index (χ1) is 11.8. The largest absolute Gasteiger partial charge is 0.472 e. The van der Waals surface area contributed by atoms with Crippen molar-refractivity contribution in [1.29, 1.82) is 0 Å². The Hall–Kier alpha value is -1.03. The molecule has 0 heterocycles. The highest BCUT2D eigenvalue weighted by molar-refractivity contribution is 7.47. The van der Waals surface area contributed by atoms with E-state index in [2.05, 4.69) is 9.05 Å². The van der Waals surface area contributed by atoms with E-state index in [1.165, 1.54) is 0 Å². The monoisotopic (exact) mass is 386 g/mol. The summed E-state index contributed by atoms with van der Waals surface area (Å²) in [7, 11) is -4.55. The van der Waals surface area contributed by atoms with Crippen LogP contribution in [0.15, 0.2) is 0 Å². The van der Waals surface area contributed by atoms with Crippen LogP contribution < -0.4 is 0 Å². The first-order valence-corrected chi connectivity index (χ1v) is 9.50. The quantitative estimate of drug-likeness (QED) is 0.285. The molecular formula is C14H27O10P. The molecule has 0 aliphatic rings. The summed E-state index contributed by atoms with van der Waals surface area (Å²) in [5.74, 6) is -1.15. The molecule has 0 aromatic heterocycles. The van der Waals surface area contributed by atoms with E-state index in [0.717, 1.165) is 6.42 Å². The summed E-state index contributed by atoms with van der Waals surface area (Å²) in [5, 5.41) is 18.2. The van der Waals surface area contributed by atoms with Gasteiger partial charge >= 0.3 is 19.8 Å². The van der Waals surface area contributed by atoms with Crippen molar-refractivity contribution in [2.24, 2.45) is 0 Å². The van der Waals surface area contributed by atoms with Crippen molar-refractivity contribution in [2.45, 2.75) is 51.7 Å². The zero-order chi connectivity index (χ0) is 19.3. The van der Waals surface area contributed by atoms with E-state index in [1.54, 1.807) is 6.92 Å². The van der Waals surface area contributed by atoms with Crippen LogP contribution in [0.2, 0.25) is 0 Å². The molecule has 0 radical (unpaired) electrons. The highest BCUT2D eigenvalue weighted by atomic mass is 31.2. The highest BCUT2D eigenvalue weighted by Crippen LogP contribution is 2.43. The molecule has 3 atom stereocenters. The Morgan fingerprint density at radius 3 is 1.84 bits per heavy atom. The molecule has 3 N–H and O–H groups in total. The minimum Gasteiger partial charge on any atom is -0.457 e. The van der Waals surface area contributed by atoms with Gasteiger partial charge in [-0.3, -0.25) is 18.6 Å². The maximum atomic E-state index is 11.7. The molecular weight excluding hydrogens is 359 g/mol. The molecule has 3 unspecified atom stereocenters. The van der Waals surface area contributed by atoms with Crippen LogP contribution in [0, 0.1) is 0 Å². The van der Waals surface area contributed by atoms with Gasteiger partial charge in [-0.15, -0.1) is 0 Å². The number of hydrogen-bond donors (Lipinski definition) is 3. The van der Waals surface area contributed by atoms with Gasteiger partial charge in [0.1, 0.15) is 12.2 Å². The smallest absolute Gasteiger partial charge is 0.457 e. The summed E-state index contributed by atoms with van der Waals surface area (Å²) in [4.78, 5) is 32.1. The Balaban J connectivity index is 4.32. The standard InChI is InChI=1S/C14H27O10P/c1-3-5-6-14(18)24-12(8-16)10-22-25(19,20)21-9-11(7-15)23-13(17)4-2/h11-12,15-16H,3-10H2,1-2H3,(H,19,20). The fourth-order valence-electron chi connectivity index (χ4n) is 1.48. The van der Waals surface area contributed by atoms with Crippen molar-refractivity contribution in [1.82, 2.24) is 0 Å². The van der Waals surface area contributed by atoms with Gasteiger partial charge in [0.2, 0.25) is 0 Å². The molecule has 0 saturated carbocycles. The molecule has 0 aliphatic heterocycles. The van der Waals surface area contributed by atoms with Gasteiger partial charge in [-0.2, -0.15) is 0 Å². The number of carbonyl (C=O) groups excluding carboxylic acids is 2. The zero-order valence-electron chi connectivity index (χ0n) is 14.5. The molecule has 0 fully saturated rings. The highest BCUT2D eigenvalue weighted by Gasteiger charge is 2.27. The number of aliphatic hydroxyl groups is 2. The first kappa shape index (κ1) is 24.0. The molecule has 0 aromatic carbocycles. The number of ether oxygens (including phenoxy) is 2. The average molecular weight is 386 g/mol. The van der Waals surface area contributed by atoms with Gasteiger partial charge < -0.3 is 24.6 Å². The SMILES string of the molecule is CCCCC(=O)OC(CO)COP(=O)(O)OCC(CO)OC(=O)CC. The van der Waals surface area contributed by atoms with Crippen LogP contribution >= 0.6 is 7.82 Å². The van der Waals surface area contributed by atoms with E-state index in [0.29, 0.717) is 6.42 Å². The summed E-state index contributed by atoms with van der Waals surface area (Å²) < 4.78 is 30.7. The number of hydrogen-bond acceptors (Lipinski definition) is 9. The first-order valence-electron chi connectivity index (χ1n) is 8.00. The molecule has 0 aliphatic carbocycles. The van der Waals surface area contributed by atoms with Gasteiger partial charge in [-0.05, 0) is 6.42 Å². The van der Waals surface area contributed by atoms with Gasteiger partial charge in [0.05, 0.1) is 26.4 Å². The molecule has 25 heavy (non-hydrogen) atoms. The minimum atomic E-state index is -4.55. The van der Waals surface area contributed by atoms with Crippen molar-refractivity contribution in [3.05, 3.63) is 0 Å². The van der Waals surface area contributed by atoms with Crippen LogP contribution in [0.5, 0.6) is 0 Å². The van der Waals surface area contributed by atoms with E-state index in [1.807, 2.05) is 6.92 Å². The Morgan fingerprint density at radius 2 is 1.44 bits per heavy atom. The van der Waals surface area contributed by atoms with Crippen LogP contribution in [0.3, 0.4) is 0 Å². The number of carbonyl (C=O) groups is 2. The Morgan fingerprint density at radius 1 is 0.960 bits per heavy atom. The summed E-state index contributed by atoms with van der Waals surface area (Å²) in [6.45, 7) is 1.15. The van der Waals surface area contributed by atoms with E-state index in [9.17, 15) is 19.0 Å². The maximum absolute atomic E-state index is 11.7. The number of phosphoric ester groups is 1. The van der Waals surface area contributed by atoms with Crippen molar-refractivity contribution >= 4 is 19.8 Å². The summed E-state index contributed by atoms with van der Waals surface area (Å²) in [5.41, 5.74) is 0. The van der Waals surface area contributed by atoms with E-state index in [4.69, 9.17) is 19.7 Å². The van der Waals surface area contributed by atoms with Crippen molar-refractivity contribution < 1.29 is 47.8 Å². The van der Waals surface area contributed by atoms with Crippen LogP contribution in [0.4, 0.5) is 0 Å². The lowest BCUT2D eigenvalue weighted by atomic mass is 10.2. The Bertz CT molecular complexity index is 441. The third-order valence-electron chi connectivity index (χ3n) is 2.87. The third kappa shape index (κ3) is 12.0.